The van der Waals surface area contributed by atoms with Crippen molar-refractivity contribution in [2.24, 2.45) is 0 Å². The monoisotopic (exact) mass is 210 g/mol. The summed E-state index contributed by atoms with van der Waals surface area (Å²) in [6.45, 7) is 0.162. The van der Waals surface area contributed by atoms with Crippen molar-refractivity contribution in [2.75, 3.05) is 13.7 Å². The van der Waals surface area contributed by atoms with E-state index in [1.165, 1.54) is 12.3 Å². The molecule has 1 fully saturated rings. The molecule has 1 aliphatic heterocycles. The summed E-state index contributed by atoms with van der Waals surface area (Å²) in [5, 5.41) is 9.12. The topological polar surface area (TPSA) is 36.4 Å². The van der Waals surface area contributed by atoms with Crippen molar-refractivity contribution in [3.8, 4) is 0 Å². The minimum absolute atomic E-state index is 0.162. The minimum Gasteiger partial charge on any atom is -0.395 e. The van der Waals surface area contributed by atoms with Crippen LogP contribution in [-0.4, -0.2) is 34.7 Å². The average molecular weight is 210 g/mol. The first-order valence-electron chi connectivity index (χ1n) is 5.15. The molecule has 4 heteroatoms. The first-order chi connectivity index (χ1) is 7.22. The predicted octanol–water partition coefficient (Wildman–Crippen LogP) is 1.35. The largest absolute Gasteiger partial charge is 0.395 e. The van der Waals surface area contributed by atoms with E-state index in [4.69, 9.17) is 5.11 Å². The van der Waals surface area contributed by atoms with E-state index < -0.39 is 0 Å². The third-order valence-corrected chi connectivity index (χ3v) is 3.16. The molecule has 1 N–H and O–H groups in total. The van der Waals surface area contributed by atoms with Gasteiger partial charge in [0, 0.05) is 18.3 Å². The molecule has 2 atom stereocenters. The molecule has 1 aromatic rings. The molecular weight excluding hydrogens is 195 g/mol. The molecule has 2 rings (SSSR count). The number of nitrogens with zero attached hydrogens (tertiary/aromatic N) is 2. The Bertz CT molecular complexity index is 345. The van der Waals surface area contributed by atoms with E-state index in [0.29, 0.717) is 0 Å². The maximum Gasteiger partial charge on any atom is 0.141 e. The summed E-state index contributed by atoms with van der Waals surface area (Å²) >= 11 is 0. The molecule has 82 valence electrons. The van der Waals surface area contributed by atoms with Gasteiger partial charge in [-0.2, -0.15) is 0 Å². The highest BCUT2D eigenvalue weighted by Crippen LogP contribution is 2.34. The Hall–Kier alpha value is -1.00. The van der Waals surface area contributed by atoms with Gasteiger partial charge in [0.2, 0.25) is 0 Å². The lowest BCUT2D eigenvalue weighted by Crippen LogP contribution is -2.30. The second kappa shape index (κ2) is 4.24. The molecule has 0 spiro atoms. The van der Waals surface area contributed by atoms with Crippen LogP contribution in [-0.2, 0) is 0 Å². The molecule has 0 aromatic carbocycles. The number of aliphatic hydroxyl groups excluding tert-OH is 1. The number of hydrogen-bond acceptors (Lipinski definition) is 3. The van der Waals surface area contributed by atoms with Crippen LogP contribution in [0.1, 0.15) is 24.4 Å². The maximum absolute atomic E-state index is 13.0. The summed E-state index contributed by atoms with van der Waals surface area (Å²) < 4.78 is 13.0. The highest BCUT2D eigenvalue weighted by Gasteiger charge is 2.30. The zero-order valence-corrected chi connectivity index (χ0v) is 8.73. The Morgan fingerprint density at radius 1 is 1.53 bits per heavy atom. The second-order valence-corrected chi connectivity index (χ2v) is 4.03. The van der Waals surface area contributed by atoms with Crippen LogP contribution in [0.25, 0.3) is 0 Å². The molecule has 1 saturated heterocycles. The molecule has 0 saturated carbocycles. The van der Waals surface area contributed by atoms with Gasteiger partial charge in [0.05, 0.1) is 12.8 Å². The summed E-state index contributed by atoms with van der Waals surface area (Å²) in [5.41, 5.74) is 0.897. The fraction of sp³-hybridized carbons (Fsp3) is 0.545. The van der Waals surface area contributed by atoms with E-state index in [-0.39, 0.29) is 24.5 Å². The smallest absolute Gasteiger partial charge is 0.141 e. The van der Waals surface area contributed by atoms with Gasteiger partial charge in [0.25, 0.3) is 0 Å². The predicted molar refractivity (Wildman–Crippen MR) is 54.8 cm³/mol. The number of aromatic nitrogens is 1. The van der Waals surface area contributed by atoms with Crippen molar-refractivity contribution in [3.05, 3.63) is 29.8 Å². The van der Waals surface area contributed by atoms with Crippen LogP contribution in [0, 0.1) is 5.82 Å². The van der Waals surface area contributed by atoms with Gasteiger partial charge in [-0.1, -0.05) is 0 Å². The Balaban J connectivity index is 2.18. The summed E-state index contributed by atoms with van der Waals surface area (Å²) in [5.74, 6) is -0.298. The fourth-order valence-electron chi connectivity index (χ4n) is 2.24. The zero-order valence-electron chi connectivity index (χ0n) is 8.73. The van der Waals surface area contributed by atoms with E-state index in [2.05, 4.69) is 9.88 Å². The van der Waals surface area contributed by atoms with Crippen molar-refractivity contribution >= 4 is 0 Å². The number of aliphatic hydroxyl groups is 1. The van der Waals surface area contributed by atoms with Gasteiger partial charge in [-0.15, -0.1) is 0 Å². The van der Waals surface area contributed by atoms with Crippen LogP contribution in [0.2, 0.25) is 0 Å². The molecule has 1 aromatic heterocycles. The zero-order chi connectivity index (χ0) is 10.8. The molecule has 0 aliphatic carbocycles. The molecule has 3 nitrogen and oxygen atoms in total. The van der Waals surface area contributed by atoms with Crippen LogP contribution < -0.4 is 0 Å². The quantitative estimate of drug-likeness (QED) is 0.800. The van der Waals surface area contributed by atoms with Crippen molar-refractivity contribution in [1.29, 1.82) is 0 Å². The Morgan fingerprint density at radius 2 is 2.33 bits per heavy atom. The highest BCUT2D eigenvalue weighted by atomic mass is 19.1. The standard InChI is InChI=1S/C11H15FN2O/c1-14-10(7-15)2-3-11(14)8-4-9(12)6-13-5-8/h4-6,10-11,15H,2-3,7H2,1H3. The highest BCUT2D eigenvalue weighted by molar-refractivity contribution is 5.17. The average Bonchev–Trinajstić information content (AvgIpc) is 2.59. The molecule has 0 amide bonds. The number of pyridine rings is 1. The Kier molecular flexibility index (Phi) is 2.98. The number of likely N-dealkylation sites (tertiary alicyclic amines) is 1. The molecule has 15 heavy (non-hydrogen) atoms. The van der Waals surface area contributed by atoms with E-state index in [1.807, 2.05) is 7.05 Å². The SMILES string of the molecule is CN1C(CO)CCC1c1cncc(F)c1. The van der Waals surface area contributed by atoms with Crippen molar-refractivity contribution in [3.63, 3.8) is 0 Å². The first-order valence-corrected chi connectivity index (χ1v) is 5.15. The lowest BCUT2D eigenvalue weighted by molar-refractivity contribution is 0.156. The van der Waals surface area contributed by atoms with Crippen LogP contribution in [0.4, 0.5) is 4.39 Å². The molecule has 2 heterocycles. The van der Waals surface area contributed by atoms with Crippen molar-refractivity contribution in [2.45, 2.75) is 24.9 Å². The van der Waals surface area contributed by atoms with Crippen LogP contribution >= 0.6 is 0 Å². The number of rotatable bonds is 2. The van der Waals surface area contributed by atoms with Gasteiger partial charge < -0.3 is 5.11 Å². The summed E-state index contributed by atoms with van der Waals surface area (Å²) in [6.07, 6.45) is 4.81. The summed E-state index contributed by atoms with van der Waals surface area (Å²) in [4.78, 5) is 5.94. The number of halogens is 1. The number of likely N-dealkylation sites (N-methyl/N-ethyl adjacent to an activating group) is 1. The Morgan fingerprint density at radius 3 is 2.93 bits per heavy atom. The molecule has 2 unspecified atom stereocenters. The van der Waals surface area contributed by atoms with Crippen molar-refractivity contribution in [1.82, 2.24) is 9.88 Å². The van der Waals surface area contributed by atoms with E-state index >= 15 is 0 Å². The van der Waals surface area contributed by atoms with Gasteiger partial charge in [0.1, 0.15) is 5.82 Å². The van der Waals surface area contributed by atoms with E-state index in [0.717, 1.165) is 18.4 Å². The van der Waals surface area contributed by atoms with Crippen LogP contribution in [0.15, 0.2) is 18.5 Å². The van der Waals surface area contributed by atoms with Crippen LogP contribution in [0.5, 0.6) is 0 Å². The summed E-state index contributed by atoms with van der Waals surface area (Å²) in [7, 11) is 1.96. The van der Waals surface area contributed by atoms with Crippen molar-refractivity contribution < 1.29 is 9.50 Å². The van der Waals surface area contributed by atoms with Crippen LogP contribution in [0.3, 0.4) is 0 Å². The van der Waals surface area contributed by atoms with Gasteiger partial charge in [0.15, 0.2) is 0 Å². The summed E-state index contributed by atoms with van der Waals surface area (Å²) in [6, 6.07) is 1.90. The van der Waals surface area contributed by atoms with Gasteiger partial charge in [-0.05, 0) is 31.5 Å². The normalized spacial score (nSPS) is 27.1. The number of hydrogen-bond donors (Lipinski definition) is 1. The molecule has 1 aliphatic rings. The molecule has 0 bridgehead atoms. The molecular formula is C11H15FN2O. The second-order valence-electron chi connectivity index (χ2n) is 4.03. The third kappa shape index (κ3) is 2.01. The van der Waals surface area contributed by atoms with Gasteiger partial charge in [-0.25, -0.2) is 4.39 Å². The molecule has 0 radical (unpaired) electrons. The van der Waals surface area contributed by atoms with Gasteiger partial charge >= 0.3 is 0 Å². The van der Waals surface area contributed by atoms with E-state index in [9.17, 15) is 4.39 Å². The first kappa shape index (κ1) is 10.5. The van der Waals surface area contributed by atoms with Gasteiger partial charge in [-0.3, -0.25) is 9.88 Å². The third-order valence-electron chi connectivity index (χ3n) is 3.16. The lowest BCUT2D eigenvalue weighted by Gasteiger charge is -2.24. The fourth-order valence-corrected chi connectivity index (χ4v) is 2.24. The maximum atomic E-state index is 13.0. The van der Waals surface area contributed by atoms with E-state index in [1.54, 1.807) is 6.20 Å². The minimum atomic E-state index is -0.298. The lowest BCUT2D eigenvalue weighted by atomic mass is 10.1. The Labute approximate surface area is 88.6 Å².